The van der Waals surface area contributed by atoms with Gasteiger partial charge in [0, 0.05) is 25.1 Å². The van der Waals surface area contributed by atoms with Gasteiger partial charge in [-0.05, 0) is 26.2 Å². The first kappa shape index (κ1) is 11.2. The highest BCUT2D eigenvalue weighted by atomic mass is 15.1. The lowest BCUT2D eigenvalue weighted by Gasteiger charge is -2.09. The first-order valence-corrected chi connectivity index (χ1v) is 6.20. The van der Waals surface area contributed by atoms with E-state index in [2.05, 4.69) is 34.4 Å². The third-order valence-corrected chi connectivity index (χ3v) is 2.60. The summed E-state index contributed by atoms with van der Waals surface area (Å²) in [5, 5.41) is 6.58. The molecule has 2 N–H and O–H groups in total. The molecular formula is C12H20N4. The van der Waals surface area contributed by atoms with Crippen LogP contribution in [0.1, 0.15) is 44.9 Å². The molecule has 0 atom stereocenters. The van der Waals surface area contributed by atoms with Gasteiger partial charge >= 0.3 is 0 Å². The van der Waals surface area contributed by atoms with Gasteiger partial charge in [0.25, 0.3) is 0 Å². The Hall–Kier alpha value is -1.32. The molecule has 0 radical (unpaired) electrons. The number of aromatic nitrogens is 2. The molecule has 0 unspecified atom stereocenters. The molecule has 4 heteroatoms. The molecule has 0 aromatic carbocycles. The van der Waals surface area contributed by atoms with Gasteiger partial charge < -0.3 is 10.6 Å². The molecule has 1 fully saturated rings. The summed E-state index contributed by atoms with van der Waals surface area (Å²) in [6.45, 7) is 6.10. The molecule has 0 aliphatic heterocycles. The Morgan fingerprint density at radius 1 is 1.19 bits per heavy atom. The minimum Gasteiger partial charge on any atom is -0.370 e. The lowest BCUT2D eigenvalue weighted by atomic mass is 10.3. The molecule has 1 aliphatic rings. The highest BCUT2D eigenvalue weighted by Gasteiger charge is 2.27. The second-order valence-electron chi connectivity index (χ2n) is 4.23. The fraction of sp³-hybridized carbons (Fsp3) is 0.667. The van der Waals surface area contributed by atoms with Crippen molar-refractivity contribution < 1.29 is 0 Å². The summed E-state index contributed by atoms with van der Waals surface area (Å²) in [6.07, 6.45) is 3.59. The normalized spacial score (nSPS) is 14.9. The minimum atomic E-state index is 0.598. The molecule has 16 heavy (non-hydrogen) atoms. The van der Waals surface area contributed by atoms with Gasteiger partial charge in [-0.1, -0.05) is 6.92 Å². The lowest BCUT2D eigenvalue weighted by Crippen LogP contribution is -2.08. The van der Waals surface area contributed by atoms with Crippen molar-refractivity contribution in [1.82, 2.24) is 9.97 Å². The zero-order chi connectivity index (χ0) is 11.4. The molecule has 0 amide bonds. The van der Waals surface area contributed by atoms with E-state index in [0.717, 1.165) is 37.0 Å². The van der Waals surface area contributed by atoms with Crippen LogP contribution in [0.5, 0.6) is 0 Å². The predicted molar refractivity (Wildman–Crippen MR) is 67.0 cm³/mol. The van der Waals surface area contributed by atoms with E-state index in [1.54, 1.807) is 0 Å². The van der Waals surface area contributed by atoms with Crippen molar-refractivity contribution in [3.8, 4) is 0 Å². The summed E-state index contributed by atoms with van der Waals surface area (Å²) in [4.78, 5) is 9.08. The molecule has 1 aromatic heterocycles. The van der Waals surface area contributed by atoms with E-state index in [9.17, 15) is 0 Å². The van der Waals surface area contributed by atoms with E-state index in [-0.39, 0.29) is 0 Å². The van der Waals surface area contributed by atoms with Crippen molar-refractivity contribution in [3.63, 3.8) is 0 Å². The van der Waals surface area contributed by atoms with Crippen LogP contribution in [-0.4, -0.2) is 23.1 Å². The molecule has 1 aliphatic carbocycles. The average Bonchev–Trinajstić information content (AvgIpc) is 3.10. The monoisotopic (exact) mass is 220 g/mol. The number of nitrogens with zero attached hydrogens (tertiary/aromatic N) is 2. The molecule has 0 spiro atoms. The maximum atomic E-state index is 4.55. The van der Waals surface area contributed by atoms with Crippen LogP contribution in [0.3, 0.4) is 0 Å². The Bertz CT molecular complexity index is 347. The van der Waals surface area contributed by atoms with Crippen molar-refractivity contribution in [1.29, 1.82) is 0 Å². The minimum absolute atomic E-state index is 0.598. The molecule has 88 valence electrons. The number of rotatable bonds is 6. The van der Waals surface area contributed by atoms with Crippen molar-refractivity contribution >= 4 is 11.6 Å². The third-order valence-electron chi connectivity index (χ3n) is 2.60. The third kappa shape index (κ3) is 2.84. The number of nitrogens with one attached hydrogen (secondary N) is 2. The SMILES string of the molecule is CCCNc1cc(NCC)nc(C2CC2)n1. The largest absolute Gasteiger partial charge is 0.370 e. The first-order valence-electron chi connectivity index (χ1n) is 6.20. The molecule has 0 bridgehead atoms. The Kier molecular flexibility index (Phi) is 3.59. The van der Waals surface area contributed by atoms with E-state index in [1.165, 1.54) is 12.8 Å². The molecule has 2 rings (SSSR count). The summed E-state index contributed by atoms with van der Waals surface area (Å²) in [7, 11) is 0. The smallest absolute Gasteiger partial charge is 0.136 e. The van der Waals surface area contributed by atoms with Crippen LogP contribution in [0.15, 0.2) is 6.07 Å². The first-order chi connectivity index (χ1) is 7.83. The summed E-state index contributed by atoms with van der Waals surface area (Å²) in [6, 6.07) is 1.99. The summed E-state index contributed by atoms with van der Waals surface area (Å²) >= 11 is 0. The molecule has 4 nitrogen and oxygen atoms in total. The fourth-order valence-electron chi connectivity index (χ4n) is 1.61. The van der Waals surface area contributed by atoms with Crippen LogP contribution in [0.4, 0.5) is 11.6 Å². The van der Waals surface area contributed by atoms with E-state index in [1.807, 2.05) is 6.07 Å². The van der Waals surface area contributed by atoms with Gasteiger partial charge in [0.05, 0.1) is 0 Å². The molecular weight excluding hydrogens is 200 g/mol. The Morgan fingerprint density at radius 2 is 1.88 bits per heavy atom. The Morgan fingerprint density at radius 3 is 2.44 bits per heavy atom. The highest BCUT2D eigenvalue weighted by Crippen LogP contribution is 2.38. The summed E-state index contributed by atoms with van der Waals surface area (Å²) in [5.41, 5.74) is 0. The molecule has 1 saturated carbocycles. The number of hydrogen-bond acceptors (Lipinski definition) is 4. The van der Waals surface area contributed by atoms with Crippen LogP contribution < -0.4 is 10.6 Å². The van der Waals surface area contributed by atoms with Gasteiger partial charge in [-0.3, -0.25) is 0 Å². The van der Waals surface area contributed by atoms with Crippen molar-refractivity contribution in [3.05, 3.63) is 11.9 Å². The van der Waals surface area contributed by atoms with Gasteiger partial charge in [-0.25, -0.2) is 9.97 Å². The molecule has 1 aromatic rings. The standard InChI is InChI=1S/C12H20N4/c1-3-7-14-11-8-10(13-4-2)15-12(16-11)9-5-6-9/h8-9H,3-7H2,1-2H3,(H2,13,14,15,16). The van der Waals surface area contributed by atoms with Gasteiger partial charge in [0.15, 0.2) is 0 Å². The van der Waals surface area contributed by atoms with Crippen LogP contribution >= 0.6 is 0 Å². The van der Waals surface area contributed by atoms with E-state index >= 15 is 0 Å². The lowest BCUT2D eigenvalue weighted by molar-refractivity contribution is 0.906. The van der Waals surface area contributed by atoms with E-state index < -0.39 is 0 Å². The second kappa shape index (κ2) is 5.14. The second-order valence-corrected chi connectivity index (χ2v) is 4.23. The van der Waals surface area contributed by atoms with E-state index in [4.69, 9.17) is 0 Å². The predicted octanol–water partition coefficient (Wildman–Crippen LogP) is 2.61. The highest BCUT2D eigenvalue weighted by molar-refractivity contribution is 5.48. The fourth-order valence-corrected chi connectivity index (χ4v) is 1.61. The quantitative estimate of drug-likeness (QED) is 0.773. The number of anilines is 2. The zero-order valence-corrected chi connectivity index (χ0v) is 10.1. The van der Waals surface area contributed by atoms with Gasteiger partial charge in [-0.15, -0.1) is 0 Å². The van der Waals surface area contributed by atoms with Gasteiger partial charge in [0.2, 0.25) is 0 Å². The maximum absolute atomic E-state index is 4.55. The van der Waals surface area contributed by atoms with Gasteiger partial charge in [0.1, 0.15) is 17.5 Å². The zero-order valence-electron chi connectivity index (χ0n) is 10.1. The van der Waals surface area contributed by atoms with Crippen LogP contribution in [-0.2, 0) is 0 Å². The van der Waals surface area contributed by atoms with Gasteiger partial charge in [-0.2, -0.15) is 0 Å². The Balaban J connectivity index is 2.14. The van der Waals surface area contributed by atoms with Crippen molar-refractivity contribution in [2.24, 2.45) is 0 Å². The summed E-state index contributed by atoms with van der Waals surface area (Å²) in [5.74, 6) is 3.49. The maximum Gasteiger partial charge on any atom is 0.136 e. The van der Waals surface area contributed by atoms with E-state index in [0.29, 0.717) is 5.92 Å². The molecule has 1 heterocycles. The molecule has 0 saturated heterocycles. The summed E-state index contributed by atoms with van der Waals surface area (Å²) < 4.78 is 0. The topological polar surface area (TPSA) is 49.8 Å². The average molecular weight is 220 g/mol. The van der Waals surface area contributed by atoms with Crippen molar-refractivity contribution in [2.75, 3.05) is 23.7 Å². The van der Waals surface area contributed by atoms with Crippen molar-refractivity contribution in [2.45, 2.75) is 39.0 Å². The van der Waals surface area contributed by atoms with Crippen LogP contribution in [0, 0.1) is 0 Å². The Labute approximate surface area is 96.9 Å². The number of hydrogen-bond donors (Lipinski definition) is 2. The van der Waals surface area contributed by atoms with Crippen LogP contribution in [0.2, 0.25) is 0 Å². The van der Waals surface area contributed by atoms with Crippen LogP contribution in [0.25, 0.3) is 0 Å².